The van der Waals surface area contributed by atoms with E-state index in [0.29, 0.717) is 19.4 Å². The second kappa shape index (κ2) is 7.13. The maximum absolute atomic E-state index is 11.4. The Morgan fingerprint density at radius 2 is 1.89 bits per heavy atom. The van der Waals surface area contributed by atoms with Crippen molar-refractivity contribution in [3.8, 4) is 0 Å². The second-order valence-electron chi connectivity index (χ2n) is 5.95. The summed E-state index contributed by atoms with van der Waals surface area (Å²) in [5, 5.41) is 12.8. The number of hydrogen-bond acceptors (Lipinski definition) is 2. The van der Waals surface area contributed by atoms with Crippen LogP contribution in [0.4, 0.5) is 0 Å². The van der Waals surface area contributed by atoms with Crippen molar-refractivity contribution in [1.29, 1.82) is 0 Å². The number of carboxylic acids is 1. The molecule has 0 aliphatic heterocycles. The highest BCUT2D eigenvalue weighted by Crippen LogP contribution is 2.30. The van der Waals surface area contributed by atoms with E-state index in [1.165, 1.54) is 25.7 Å². The van der Waals surface area contributed by atoms with Crippen LogP contribution in [0.25, 0.3) is 0 Å². The first kappa shape index (κ1) is 15.5. The molecule has 1 fully saturated rings. The summed E-state index contributed by atoms with van der Waals surface area (Å²) in [6.07, 6.45) is 6.73. The van der Waals surface area contributed by atoms with E-state index in [0.717, 1.165) is 18.4 Å². The first-order valence-electron chi connectivity index (χ1n) is 7.50. The fraction of sp³-hybridized carbons (Fsp3) is 0.933. The Balaban J connectivity index is 2.41. The highest BCUT2D eigenvalue weighted by atomic mass is 16.4. The number of carboxylic acid groups (broad SMARTS) is 1. The van der Waals surface area contributed by atoms with Crippen molar-refractivity contribution >= 4 is 5.97 Å². The summed E-state index contributed by atoms with van der Waals surface area (Å²) in [7, 11) is 0. The fourth-order valence-electron chi connectivity index (χ4n) is 3.07. The van der Waals surface area contributed by atoms with Crippen LogP contribution in [0, 0.1) is 17.3 Å². The van der Waals surface area contributed by atoms with Crippen molar-refractivity contribution < 1.29 is 9.90 Å². The molecular formula is C15H29NO2. The van der Waals surface area contributed by atoms with Crippen LogP contribution in [-0.4, -0.2) is 24.2 Å². The highest BCUT2D eigenvalue weighted by molar-refractivity contribution is 5.74. The molecule has 2 N–H and O–H groups in total. The molecule has 2 atom stereocenters. The molecule has 2 unspecified atom stereocenters. The van der Waals surface area contributed by atoms with Crippen LogP contribution in [0.15, 0.2) is 0 Å². The number of aliphatic carboxylic acids is 1. The molecule has 0 saturated heterocycles. The third-order valence-electron chi connectivity index (χ3n) is 4.97. The van der Waals surface area contributed by atoms with Gasteiger partial charge < -0.3 is 10.4 Å². The van der Waals surface area contributed by atoms with Gasteiger partial charge in [-0.3, -0.25) is 4.79 Å². The lowest BCUT2D eigenvalue weighted by atomic mass is 9.79. The van der Waals surface area contributed by atoms with Crippen molar-refractivity contribution in [1.82, 2.24) is 5.32 Å². The van der Waals surface area contributed by atoms with Gasteiger partial charge >= 0.3 is 5.97 Å². The molecule has 3 nitrogen and oxygen atoms in total. The zero-order valence-corrected chi connectivity index (χ0v) is 12.2. The summed E-state index contributed by atoms with van der Waals surface area (Å²) in [5.74, 6) is 0.865. The molecule has 106 valence electrons. The van der Waals surface area contributed by atoms with Crippen LogP contribution in [0.2, 0.25) is 0 Å². The third kappa shape index (κ3) is 3.71. The van der Waals surface area contributed by atoms with Gasteiger partial charge in [0.1, 0.15) is 0 Å². The first-order valence-corrected chi connectivity index (χ1v) is 7.50. The minimum Gasteiger partial charge on any atom is -0.481 e. The van der Waals surface area contributed by atoms with Crippen LogP contribution in [0.5, 0.6) is 0 Å². The summed E-state index contributed by atoms with van der Waals surface area (Å²) in [6, 6.07) is 0. The van der Waals surface area contributed by atoms with Crippen LogP contribution in [0.3, 0.4) is 0 Å². The maximum atomic E-state index is 11.4. The molecule has 0 aromatic carbocycles. The van der Waals surface area contributed by atoms with Gasteiger partial charge in [-0.15, -0.1) is 0 Å². The number of hydrogen-bond donors (Lipinski definition) is 2. The number of carbonyl (C=O) groups is 1. The van der Waals surface area contributed by atoms with E-state index in [1.807, 2.05) is 13.8 Å². The third-order valence-corrected chi connectivity index (χ3v) is 4.97. The largest absolute Gasteiger partial charge is 0.481 e. The lowest BCUT2D eigenvalue weighted by Crippen LogP contribution is -2.42. The van der Waals surface area contributed by atoms with Crippen molar-refractivity contribution in [2.75, 3.05) is 13.1 Å². The van der Waals surface area contributed by atoms with E-state index >= 15 is 0 Å². The molecule has 1 aliphatic carbocycles. The zero-order valence-electron chi connectivity index (χ0n) is 12.2. The molecule has 0 spiro atoms. The van der Waals surface area contributed by atoms with Crippen LogP contribution in [0.1, 0.15) is 59.3 Å². The Kier molecular flexibility index (Phi) is 6.13. The van der Waals surface area contributed by atoms with Crippen molar-refractivity contribution in [3.63, 3.8) is 0 Å². The Bertz CT molecular complexity index is 261. The van der Waals surface area contributed by atoms with E-state index in [9.17, 15) is 9.90 Å². The molecule has 3 heteroatoms. The molecule has 1 saturated carbocycles. The van der Waals surface area contributed by atoms with Crippen molar-refractivity contribution in [2.45, 2.75) is 59.3 Å². The normalized spacial score (nSPS) is 25.1. The van der Waals surface area contributed by atoms with Gasteiger partial charge in [-0.1, -0.05) is 40.0 Å². The van der Waals surface area contributed by atoms with E-state index in [1.54, 1.807) is 0 Å². The van der Waals surface area contributed by atoms with Gasteiger partial charge in [0.25, 0.3) is 0 Å². The average Bonchev–Trinajstić information content (AvgIpc) is 2.37. The van der Waals surface area contributed by atoms with Gasteiger partial charge in [0.15, 0.2) is 0 Å². The highest BCUT2D eigenvalue weighted by Gasteiger charge is 2.34. The van der Waals surface area contributed by atoms with Gasteiger partial charge in [0.05, 0.1) is 5.41 Å². The van der Waals surface area contributed by atoms with Crippen LogP contribution in [-0.2, 0) is 4.79 Å². The zero-order chi connectivity index (χ0) is 13.6. The topological polar surface area (TPSA) is 49.3 Å². The monoisotopic (exact) mass is 255 g/mol. The average molecular weight is 255 g/mol. The van der Waals surface area contributed by atoms with E-state index in [-0.39, 0.29) is 0 Å². The minimum absolute atomic E-state index is 0.572. The van der Waals surface area contributed by atoms with E-state index in [2.05, 4.69) is 12.2 Å². The molecule has 0 aromatic heterocycles. The SMILES string of the molecule is CCC(CC)(CNCC1CCCCC1C)C(=O)O. The molecule has 0 aromatic rings. The molecule has 0 heterocycles. The lowest BCUT2D eigenvalue weighted by molar-refractivity contribution is -0.149. The molecule has 0 bridgehead atoms. The summed E-state index contributed by atoms with van der Waals surface area (Å²) < 4.78 is 0. The summed E-state index contributed by atoms with van der Waals surface area (Å²) in [5.41, 5.74) is -0.572. The summed E-state index contributed by atoms with van der Waals surface area (Å²) in [4.78, 5) is 11.4. The van der Waals surface area contributed by atoms with Crippen molar-refractivity contribution in [3.05, 3.63) is 0 Å². The summed E-state index contributed by atoms with van der Waals surface area (Å²) >= 11 is 0. The molecule has 18 heavy (non-hydrogen) atoms. The molecule has 0 amide bonds. The Labute approximate surface area is 111 Å². The lowest BCUT2D eigenvalue weighted by Gasteiger charge is -2.32. The Morgan fingerprint density at radius 1 is 1.28 bits per heavy atom. The van der Waals surface area contributed by atoms with E-state index < -0.39 is 11.4 Å². The predicted octanol–water partition coefficient (Wildman–Crippen LogP) is 3.29. The smallest absolute Gasteiger partial charge is 0.310 e. The van der Waals surface area contributed by atoms with Gasteiger partial charge in [0, 0.05) is 6.54 Å². The second-order valence-corrected chi connectivity index (χ2v) is 5.95. The minimum atomic E-state index is -0.656. The first-order chi connectivity index (χ1) is 8.55. The van der Waals surface area contributed by atoms with E-state index in [4.69, 9.17) is 0 Å². The maximum Gasteiger partial charge on any atom is 0.310 e. The standard InChI is InChI=1S/C15H29NO2/c1-4-15(5-2,14(17)18)11-16-10-13-9-7-6-8-12(13)3/h12-13,16H,4-11H2,1-3H3,(H,17,18). The van der Waals surface area contributed by atoms with Crippen molar-refractivity contribution in [2.24, 2.45) is 17.3 Å². The molecule has 1 rings (SSSR count). The predicted molar refractivity (Wildman–Crippen MR) is 74.6 cm³/mol. The van der Waals surface area contributed by atoms with Gasteiger partial charge in [0.2, 0.25) is 0 Å². The van der Waals surface area contributed by atoms with Crippen LogP contribution < -0.4 is 5.32 Å². The van der Waals surface area contributed by atoms with Gasteiger partial charge in [-0.05, 0) is 37.6 Å². The fourth-order valence-corrected chi connectivity index (χ4v) is 3.07. The van der Waals surface area contributed by atoms with Gasteiger partial charge in [-0.25, -0.2) is 0 Å². The number of nitrogens with one attached hydrogen (secondary N) is 1. The Hall–Kier alpha value is -0.570. The van der Waals surface area contributed by atoms with Crippen LogP contribution >= 0.6 is 0 Å². The number of rotatable bonds is 7. The molecule has 0 radical (unpaired) electrons. The summed E-state index contributed by atoms with van der Waals surface area (Å²) in [6.45, 7) is 7.87. The molecule has 1 aliphatic rings. The quantitative estimate of drug-likeness (QED) is 0.734. The van der Waals surface area contributed by atoms with Gasteiger partial charge in [-0.2, -0.15) is 0 Å². The molecular weight excluding hydrogens is 226 g/mol. The Morgan fingerprint density at radius 3 is 2.39 bits per heavy atom.